The lowest BCUT2D eigenvalue weighted by molar-refractivity contribution is 0.0305. The molecule has 1 saturated heterocycles. The molecule has 1 aliphatic rings. The van der Waals surface area contributed by atoms with Gasteiger partial charge in [-0.3, -0.25) is 0 Å². The van der Waals surface area contributed by atoms with E-state index >= 15 is 0 Å². The molecule has 1 aliphatic heterocycles. The van der Waals surface area contributed by atoms with E-state index in [0.29, 0.717) is 28.7 Å². The highest BCUT2D eigenvalue weighted by Gasteiger charge is 2.28. The molecule has 3 atom stereocenters. The van der Waals surface area contributed by atoms with Crippen molar-refractivity contribution in [2.75, 3.05) is 6.54 Å². The predicted octanol–water partition coefficient (Wildman–Crippen LogP) is 3.76. The van der Waals surface area contributed by atoms with Crippen LogP contribution in [0.25, 0.3) is 0 Å². The maximum atomic E-state index is 6.29. The van der Waals surface area contributed by atoms with E-state index in [0.717, 1.165) is 5.56 Å². The van der Waals surface area contributed by atoms with E-state index in [9.17, 15) is 0 Å². The molecule has 3 unspecified atom stereocenters. The van der Waals surface area contributed by atoms with Gasteiger partial charge in [-0.15, -0.1) is 0 Å². The Morgan fingerprint density at radius 2 is 1.80 bits per heavy atom. The lowest BCUT2D eigenvalue weighted by Gasteiger charge is -2.41. The van der Waals surface area contributed by atoms with Crippen molar-refractivity contribution < 1.29 is 0 Å². The van der Waals surface area contributed by atoms with Gasteiger partial charge in [-0.2, -0.15) is 0 Å². The Balaban J connectivity index is 2.20. The Hall–Kier alpha value is -0.320. The SMILES string of the molecule is CC1CCCC(C)N1NC(CN)c1c(Cl)cccc1Cl. The van der Waals surface area contributed by atoms with Crippen LogP contribution < -0.4 is 11.2 Å². The molecule has 2 rings (SSSR count). The summed E-state index contributed by atoms with van der Waals surface area (Å²) in [6, 6.07) is 6.50. The minimum atomic E-state index is -0.0563. The molecule has 0 saturated carbocycles. The van der Waals surface area contributed by atoms with Gasteiger partial charge in [-0.1, -0.05) is 35.7 Å². The maximum Gasteiger partial charge on any atom is 0.0616 e. The normalized spacial score (nSPS) is 25.6. The molecule has 1 fully saturated rings. The Kier molecular flexibility index (Phi) is 5.70. The highest BCUT2D eigenvalue weighted by atomic mass is 35.5. The predicted molar refractivity (Wildman–Crippen MR) is 86.0 cm³/mol. The van der Waals surface area contributed by atoms with Gasteiger partial charge in [0, 0.05) is 34.2 Å². The number of benzene rings is 1. The van der Waals surface area contributed by atoms with Crippen molar-refractivity contribution in [2.45, 2.75) is 51.2 Å². The largest absolute Gasteiger partial charge is 0.329 e. The smallest absolute Gasteiger partial charge is 0.0616 e. The molecule has 5 heteroatoms. The summed E-state index contributed by atoms with van der Waals surface area (Å²) in [5, 5.41) is 3.64. The lowest BCUT2D eigenvalue weighted by Crippen LogP contribution is -2.54. The van der Waals surface area contributed by atoms with Crippen LogP contribution in [0.15, 0.2) is 18.2 Å². The zero-order chi connectivity index (χ0) is 14.7. The lowest BCUT2D eigenvalue weighted by atomic mass is 9.99. The Labute approximate surface area is 131 Å². The van der Waals surface area contributed by atoms with Crippen LogP contribution in [0, 0.1) is 0 Å². The third-order valence-electron chi connectivity index (χ3n) is 4.08. The molecule has 112 valence electrons. The van der Waals surface area contributed by atoms with Gasteiger partial charge in [-0.25, -0.2) is 10.4 Å². The van der Waals surface area contributed by atoms with Crippen molar-refractivity contribution in [3.8, 4) is 0 Å². The quantitative estimate of drug-likeness (QED) is 0.888. The van der Waals surface area contributed by atoms with Gasteiger partial charge in [-0.05, 0) is 38.8 Å². The summed E-state index contributed by atoms with van der Waals surface area (Å²) in [5.74, 6) is 0. The number of piperidine rings is 1. The molecule has 1 heterocycles. The zero-order valence-corrected chi connectivity index (χ0v) is 13.6. The molecule has 1 aromatic carbocycles. The molecular formula is C15H23Cl2N3. The topological polar surface area (TPSA) is 41.3 Å². The van der Waals surface area contributed by atoms with Crippen LogP contribution in [0.1, 0.15) is 44.7 Å². The van der Waals surface area contributed by atoms with Gasteiger partial charge >= 0.3 is 0 Å². The Bertz CT molecular complexity index is 422. The first-order valence-electron chi connectivity index (χ1n) is 7.23. The number of halogens is 2. The standard InChI is InChI=1S/C15H23Cl2N3/c1-10-5-3-6-11(2)20(10)19-14(9-18)15-12(16)7-4-8-13(15)17/h4,7-8,10-11,14,19H,3,5-6,9,18H2,1-2H3. The average Bonchev–Trinajstić information content (AvgIpc) is 2.40. The van der Waals surface area contributed by atoms with Crippen LogP contribution in [-0.2, 0) is 0 Å². The number of nitrogens with two attached hydrogens (primary N) is 1. The second-order valence-corrected chi connectivity index (χ2v) is 6.40. The minimum absolute atomic E-state index is 0.0563. The van der Waals surface area contributed by atoms with Gasteiger partial charge in [0.2, 0.25) is 0 Å². The molecule has 0 bridgehead atoms. The zero-order valence-electron chi connectivity index (χ0n) is 12.1. The third-order valence-corrected chi connectivity index (χ3v) is 4.74. The van der Waals surface area contributed by atoms with Crippen molar-refractivity contribution in [1.29, 1.82) is 0 Å². The van der Waals surface area contributed by atoms with Gasteiger partial charge in [0.15, 0.2) is 0 Å². The maximum absolute atomic E-state index is 6.29. The number of nitrogens with one attached hydrogen (secondary N) is 1. The van der Waals surface area contributed by atoms with Gasteiger partial charge in [0.25, 0.3) is 0 Å². The highest BCUT2D eigenvalue weighted by Crippen LogP contribution is 2.31. The van der Waals surface area contributed by atoms with Gasteiger partial charge in [0.05, 0.1) is 6.04 Å². The van der Waals surface area contributed by atoms with Crippen molar-refractivity contribution >= 4 is 23.2 Å². The van der Waals surface area contributed by atoms with Crippen molar-refractivity contribution in [2.24, 2.45) is 5.73 Å². The molecule has 0 amide bonds. The highest BCUT2D eigenvalue weighted by molar-refractivity contribution is 6.36. The molecule has 0 aromatic heterocycles. The Morgan fingerprint density at radius 3 is 2.30 bits per heavy atom. The number of nitrogens with zero attached hydrogens (tertiary/aromatic N) is 1. The number of hydrazine groups is 1. The number of rotatable bonds is 4. The second kappa shape index (κ2) is 7.10. The minimum Gasteiger partial charge on any atom is -0.329 e. The van der Waals surface area contributed by atoms with Crippen LogP contribution in [0.2, 0.25) is 10.0 Å². The van der Waals surface area contributed by atoms with E-state index in [1.165, 1.54) is 19.3 Å². The Morgan fingerprint density at radius 1 is 1.25 bits per heavy atom. The molecule has 3 nitrogen and oxygen atoms in total. The fourth-order valence-electron chi connectivity index (χ4n) is 2.93. The first-order chi connectivity index (χ1) is 9.54. The van der Waals surface area contributed by atoms with Gasteiger partial charge in [0.1, 0.15) is 0 Å². The molecule has 20 heavy (non-hydrogen) atoms. The van der Waals surface area contributed by atoms with Crippen molar-refractivity contribution in [3.05, 3.63) is 33.8 Å². The summed E-state index contributed by atoms with van der Waals surface area (Å²) in [6.45, 7) is 4.94. The fourth-order valence-corrected chi connectivity index (χ4v) is 3.60. The van der Waals surface area contributed by atoms with E-state index in [1.807, 2.05) is 18.2 Å². The number of hydrogen-bond acceptors (Lipinski definition) is 3. The van der Waals surface area contributed by atoms with Gasteiger partial charge < -0.3 is 5.73 Å². The van der Waals surface area contributed by atoms with E-state index in [4.69, 9.17) is 28.9 Å². The summed E-state index contributed by atoms with van der Waals surface area (Å²) in [6.07, 6.45) is 3.68. The van der Waals surface area contributed by atoms with Crippen LogP contribution in [0.5, 0.6) is 0 Å². The monoisotopic (exact) mass is 315 g/mol. The van der Waals surface area contributed by atoms with Crippen LogP contribution in [0.3, 0.4) is 0 Å². The first-order valence-corrected chi connectivity index (χ1v) is 7.98. The molecule has 0 spiro atoms. The third kappa shape index (κ3) is 3.46. The van der Waals surface area contributed by atoms with E-state index < -0.39 is 0 Å². The summed E-state index contributed by atoms with van der Waals surface area (Å²) < 4.78 is 0. The van der Waals surface area contributed by atoms with Crippen LogP contribution in [-0.4, -0.2) is 23.6 Å². The fraction of sp³-hybridized carbons (Fsp3) is 0.600. The summed E-state index contributed by atoms with van der Waals surface area (Å²) in [5.41, 5.74) is 10.4. The van der Waals surface area contributed by atoms with E-state index in [1.54, 1.807) is 0 Å². The van der Waals surface area contributed by atoms with Crippen molar-refractivity contribution in [3.63, 3.8) is 0 Å². The number of hydrogen-bond donors (Lipinski definition) is 2. The molecule has 0 aliphatic carbocycles. The molecule has 1 aromatic rings. The summed E-state index contributed by atoms with van der Waals surface area (Å²) in [7, 11) is 0. The first kappa shape index (κ1) is 16.1. The molecule has 3 N–H and O–H groups in total. The van der Waals surface area contributed by atoms with E-state index in [-0.39, 0.29) is 6.04 Å². The molecular weight excluding hydrogens is 293 g/mol. The summed E-state index contributed by atoms with van der Waals surface area (Å²) in [4.78, 5) is 0. The van der Waals surface area contributed by atoms with Crippen LogP contribution in [0.4, 0.5) is 0 Å². The average molecular weight is 316 g/mol. The second-order valence-electron chi connectivity index (χ2n) is 5.59. The molecule has 0 radical (unpaired) electrons. The summed E-state index contributed by atoms with van der Waals surface area (Å²) >= 11 is 12.6. The van der Waals surface area contributed by atoms with Crippen molar-refractivity contribution in [1.82, 2.24) is 10.4 Å². The van der Waals surface area contributed by atoms with Crippen LogP contribution >= 0.6 is 23.2 Å². The van der Waals surface area contributed by atoms with E-state index in [2.05, 4.69) is 24.3 Å².